The fourth-order valence-corrected chi connectivity index (χ4v) is 2.34. The fraction of sp³-hybridized carbons (Fsp3) is 0.588. The van der Waals surface area contributed by atoms with Crippen molar-refractivity contribution < 1.29 is 19.4 Å². The van der Waals surface area contributed by atoms with Gasteiger partial charge in [0.05, 0.1) is 6.42 Å². The van der Waals surface area contributed by atoms with E-state index in [0.717, 1.165) is 24.8 Å². The van der Waals surface area contributed by atoms with Gasteiger partial charge in [0.15, 0.2) is 0 Å². The SMILES string of the molecule is CCCC[C@H](C)[C@H](CC(=O)O)OC(=O)[C@@H](N)Cc1cccnc1. The van der Waals surface area contributed by atoms with E-state index in [2.05, 4.69) is 11.9 Å². The normalized spacial score (nSPS) is 14.7. The van der Waals surface area contributed by atoms with Crippen LogP contribution in [0.1, 0.15) is 45.1 Å². The number of ether oxygens (including phenoxy) is 1. The Labute approximate surface area is 137 Å². The molecule has 6 nitrogen and oxygen atoms in total. The Kier molecular flexibility index (Phi) is 8.26. The van der Waals surface area contributed by atoms with E-state index in [1.165, 1.54) is 0 Å². The zero-order valence-electron chi connectivity index (χ0n) is 13.8. The summed E-state index contributed by atoms with van der Waals surface area (Å²) in [5.74, 6) is -1.56. The zero-order valence-corrected chi connectivity index (χ0v) is 13.8. The quantitative estimate of drug-likeness (QED) is 0.640. The first-order valence-electron chi connectivity index (χ1n) is 8.00. The van der Waals surface area contributed by atoms with Crippen molar-refractivity contribution >= 4 is 11.9 Å². The first kappa shape index (κ1) is 19.1. The molecule has 0 aliphatic heterocycles. The largest absolute Gasteiger partial charge is 0.481 e. The highest BCUT2D eigenvalue weighted by atomic mass is 16.5. The van der Waals surface area contributed by atoms with Gasteiger partial charge in [0, 0.05) is 12.4 Å². The van der Waals surface area contributed by atoms with Gasteiger partial charge in [-0.3, -0.25) is 14.6 Å². The van der Waals surface area contributed by atoms with E-state index in [-0.39, 0.29) is 12.3 Å². The Bertz CT molecular complexity index is 493. The smallest absolute Gasteiger partial charge is 0.323 e. The number of aliphatic carboxylic acids is 1. The summed E-state index contributed by atoms with van der Waals surface area (Å²) < 4.78 is 5.39. The van der Waals surface area contributed by atoms with E-state index in [1.807, 2.05) is 13.0 Å². The number of rotatable bonds is 10. The van der Waals surface area contributed by atoms with Gasteiger partial charge in [-0.2, -0.15) is 0 Å². The standard InChI is InChI=1S/C17H26N2O4/c1-3-4-6-12(2)15(10-16(20)21)23-17(22)14(18)9-13-7-5-8-19-11-13/h5,7-8,11-12,14-15H,3-4,6,9-10,18H2,1-2H3,(H,20,21)/t12-,14-,15-/m0/s1. The zero-order chi connectivity index (χ0) is 17.2. The Morgan fingerprint density at radius 3 is 2.74 bits per heavy atom. The van der Waals surface area contributed by atoms with Crippen molar-refractivity contribution in [1.29, 1.82) is 0 Å². The molecule has 0 saturated heterocycles. The summed E-state index contributed by atoms with van der Waals surface area (Å²) in [6.07, 6.45) is 5.56. The maximum absolute atomic E-state index is 12.2. The summed E-state index contributed by atoms with van der Waals surface area (Å²) in [5.41, 5.74) is 6.72. The molecule has 0 aliphatic rings. The second-order valence-corrected chi connectivity index (χ2v) is 5.86. The molecule has 0 amide bonds. The monoisotopic (exact) mass is 322 g/mol. The molecular weight excluding hydrogens is 296 g/mol. The van der Waals surface area contributed by atoms with E-state index < -0.39 is 24.1 Å². The van der Waals surface area contributed by atoms with Crippen molar-refractivity contribution in [1.82, 2.24) is 4.98 Å². The molecule has 1 aromatic heterocycles. The molecule has 0 aromatic carbocycles. The molecule has 128 valence electrons. The summed E-state index contributed by atoms with van der Waals surface area (Å²) in [4.78, 5) is 27.1. The number of carbonyl (C=O) groups is 2. The number of hydrogen-bond acceptors (Lipinski definition) is 5. The lowest BCUT2D eigenvalue weighted by atomic mass is 9.95. The minimum absolute atomic E-state index is 0.0133. The molecule has 3 atom stereocenters. The number of unbranched alkanes of at least 4 members (excludes halogenated alkanes) is 1. The Hall–Kier alpha value is -1.95. The third-order valence-corrected chi connectivity index (χ3v) is 3.77. The highest BCUT2D eigenvalue weighted by Crippen LogP contribution is 2.19. The second kappa shape index (κ2) is 9.94. The molecule has 3 N–H and O–H groups in total. The third-order valence-electron chi connectivity index (χ3n) is 3.77. The highest BCUT2D eigenvalue weighted by Gasteiger charge is 2.26. The van der Waals surface area contributed by atoms with E-state index in [1.54, 1.807) is 18.5 Å². The lowest BCUT2D eigenvalue weighted by molar-refractivity contribution is -0.157. The molecule has 1 rings (SSSR count). The van der Waals surface area contributed by atoms with Gasteiger partial charge in [-0.15, -0.1) is 0 Å². The molecule has 0 radical (unpaired) electrons. The van der Waals surface area contributed by atoms with Crippen LogP contribution in [0, 0.1) is 5.92 Å². The Balaban J connectivity index is 2.62. The van der Waals surface area contributed by atoms with Crippen molar-refractivity contribution in [2.75, 3.05) is 0 Å². The van der Waals surface area contributed by atoms with Gasteiger partial charge in [-0.1, -0.05) is 32.8 Å². The molecule has 23 heavy (non-hydrogen) atoms. The number of nitrogens with zero attached hydrogens (tertiary/aromatic N) is 1. The van der Waals surface area contributed by atoms with Crippen LogP contribution in [0.4, 0.5) is 0 Å². The van der Waals surface area contributed by atoms with Crippen LogP contribution in [0.15, 0.2) is 24.5 Å². The van der Waals surface area contributed by atoms with Crippen molar-refractivity contribution in [3.8, 4) is 0 Å². The third kappa shape index (κ3) is 7.23. The summed E-state index contributed by atoms with van der Waals surface area (Å²) in [6, 6.07) is 2.78. The van der Waals surface area contributed by atoms with Gasteiger partial charge in [0.25, 0.3) is 0 Å². The van der Waals surface area contributed by atoms with Crippen molar-refractivity contribution in [2.45, 2.75) is 58.1 Å². The highest BCUT2D eigenvalue weighted by molar-refractivity contribution is 5.76. The van der Waals surface area contributed by atoms with Crippen LogP contribution < -0.4 is 5.73 Å². The number of nitrogens with two attached hydrogens (primary N) is 1. The molecule has 0 saturated carbocycles. The molecule has 6 heteroatoms. The molecular formula is C17H26N2O4. The van der Waals surface area contributed by atoms with E-state index in [9.17, 15) is 9.59 Å². The first-order chi connectivity index (χ1) is 10.9. The number of pyridine rings is 1. The van der Waals surface area contributed by atoms with Crippen molar-refractivity contribution in [2.24, 2.45) is 11.7 Å². The predicted molar refractivity (Wildman–Crippen MR) is 86.7 cm³/mol. The first-order valence-corrected chi connectivity index (χ1v) is 8.00. The van der Waals surface area contributed by atoms with Gasteiger partial charge >= 0.3 is 11.9 Å². The average molecular weight is 322 g/mol. The Morgan fingerprint density at radius 1 is 1.43 bits per heavy atom. The van der Waals surface area contributed by atoms with Crippen LogP contribution >= 0.6 is 0 Å². The Morgan fingerprint density at radius 2 is 2.17 bits per heavy atom. The molecule has 1 heterocycles. The molecule has 0 spiro atoms. The van der Waals surface area contributed by atoms with E-state index in [4.69, 9.17) is 15.6 Å². The predicted octanol–water partition coefficient (Wildman–Crippen LogP) is 2.16. The van der Waals surface area contributed by atoms with Crippen LogP contribution in [0.5, 0.6) is 0 Å². The summed E-state index contributed by atoms with van der Waals surface area (Å²) in [7, 11) is 0. The lowest BCUT2D eigenvalue weighted by Gasteiger charge is -2.24. The number of carboxylic acids is 1. The molecule has 0 bridgehead atoms. The number of carbonyl (C=O) groups excluding carboxylic acids is 1. The van der Waals surface area contributed by atoms with Crippen LogP contribution in [0.25, 0.3) is 0 Å². The number of aromatic nitrogens is 1. The fourth-order valence-electron chi connectivity index (χ4n) is 2.34. The number of carboxylic acid groups (broad SMARTS) is 1. The minimum Gasteiger partial charge on any atom is -0.481 e. The maximum atomic E-state index is 12.2. The lowest BCUT2D eigenvalue weighted by Crippen LogP contribution is -2.39. The van der Waals surface area contributed by atoms with Gasteiger partial charge in [-0.05, 0) is 30.4 Å². The number of hydrogen-bond donors (Lipinski definition) is 2. The summed E-state index contributed by atoms with van der Waals surface area (Å²) in [5, 5.41) is 9.01. The van der Waals surface area contributed by atoms with Gasteiger partial charge in [0.2, 0.25) is 0 Å². The molecule has 0 aliphatic carbocycles. The van der Waals surface area contributed by atoms with Crippen LogP contribution in [0.3, 0.4) is 0 Å². The van der Waals surface area contributed by atoms with Gasteiger partial charge in [-0.25, -0.2) is 0 Å². The van der Waals surface area contributed by atoms with Crippen molar-refractivity contribution in [3.63, 3.8) is 0 Å². The van der Waals surface area contributed by atoms with Crippen LogP contribution in [-0.2, 0) is 20.7 Å². The second-order valence-electron chi connectivity index (χ2n) is 5.86. The average Bonchev–Trinajstić information content (AvgIpc) is 2.52. The van der Waals surface area contributed by atoms with E-state index in [0.29, 0.717) is 6.42 Å². The van der Waals surface area contributed by atoms with Crippen LogP contribution in [0.2, 0.25) is 0 Å². The molecule has 0 fully saturated rings. The van der Waals surface area contributed by atoms with Gasteiger partial charge in [0.1, 0.15) is 12.1 Å². The summed E-state index contributed by atoms with van der Waals surface area (Å²) in [6.45, 7) is 3.97. The summed E-state index contributed by atoms with van der Waals surface area (Å²) >= 11 is 0. The van der Waals surface area contributed by atoms with Crippen molar-refractivity contribution in [3.05, 3.63) is 30.1 Å². The number of esters is 1. The van der Waals surface area contributed by atoms with Crippen LogP contribution in [-0.4, -0.2) is 34.2 Å². The van der Waals surface area contributed by atoms with Gasteiger partial charge < -0.3 is 15.6 Å². The molecule has 1 aromatic rings. The minimum atomic E-state index is -0.980. The molecule has 0 unspecified atom stereocenters. The topological polar surface area (TPSA) is 103 Å². The maximum Gasteiger partial charge on any atom is 0.323 e. The van der Waals surface area contributed by atoms with E-state index >= 15 is 0 Å².